The second-order valence-electron chi connectivity index (χ2n) is 3.65. The molecule has 3 N–H and O–H groups in total. The van der Waals surface area contributed by atoms with Crippen molar-refractivity contribution >= 4 is 33.2 Å². The van der Waals surface area contributed by atoms with E-state index in [1.165, 1.54) is 29.1 Å². The number of anilines is 2. The van der Waals surface area contributed by atoms with E-state index in [4.69, 9.17) is 5.73 Å². The monoisotopic (exact) mass is 312 g/mol. The maximum absolute atomic E-state index is 13.1. The lowest BCUT2D eigenvalue weighted by Gasteiger charge is -2.08. The van der Waals surface area contributed by atoms with Crippen LogP contribution in [0.4, 0.5) is 15.8 Å². The van der Waals surface area contributed by atoms with Crippen molar-refractivity contribution in [3.63, 3.8) is 0 Å². The molecule has 0 atom stereocenters. The molecule has 0 spiro atoms. The summed E-state index contributed by atoms with van der Waals surface area (Å²) in [7, 11) is 1.60. The van der Waals surface area contributed by atoms with Gasteiger partial charge in [-0.25, -0.2) is 4.39 Å². The molecule has 18 heavy (non-hydrogen) atoms. The van der Waals surface area contributed by atoms with Gasteiger partial charge in [-0.3, -0.25) is 9.48 Å². The highest BCUT2D eigenvalue weighted by atomic mass is 79.9. The van der Waals surface area contributed by atoms with E-state index in [0.717, 1.165) is 0 Å². The number of aromatic nitrogens is 2. The third-order valence-corrected chi connectivity index (χ3v) is 3.05. The average Bonchev–Trinajstić information content (AvgIpc) is 2.63. The maximum Gasteiger partial charge on any atom is 0.276 e. The minimum atomic E-state index is -0.446. The van der Waals surface area contributed by atoms with Crippen LogP contribution in [0.25, 0.3) is 0 Å². The van der Waals surface area contributed by atoms with Gasteiger partial charge in [-0.1, -0.05) is 0 Å². The zero-order valence-corrected chi connectivity index (χ0v) is 11.0. The smallest absolute Gasteiger partial charge is 0.276 e. The van der Waals surface area contributed by atoms with Crippen molar-refractivity contribution in [3.8, 4) is 0 Å². The van der Waals surface area contributed by atoms with Crippen LogP contribution in [0, 0.1) is 5.82 Å². The summed E-state index contributed by atoms with van der Waals surface area (Å²) in [6.45, 7) is 0. The zero-order valence-electron chi connectivity index (χ0n) is 9.45. The van der Waals surface area contributed by atoms with Crippen molar-refractivity contribution < 1.29 is 9.18 Å². The van der Waals surface area contributed by atoms with Gasteiger partial charge in [0.15, 0.2) is 0 Å². The number of benzene rings is 1. The van der Waals surface area contributed by atoms with Crippen LogP contribution in [0.5, 0.6) is 0 Å². The number of carbonyl (C=O) groups is 1. The summed E-state index contributed by atoms with van der Waals surface area (Å²) >= 11 is 3.22. The number of nitrogens with zero attached hydrogens (tertiary/aromatic N) is 2. The van der Waals surface area contributed by atoms with Crippen LogP contribution < -0.4 is 11.1 Å². The Morgan fingerprint density at radius 1 is 1.56 bits per heavy atom. The predicted octanol–water partition coefficient (Wildman–Crippen LogP) is 2.16. The molecular formula is C11H10BrFN4O. The van der Waals surface area contributed by atoms with E-state index in [2.05, 4.69) is 26.3 Å². The summed E-state index contributed by atoms with van der Waals surface area (Å²) in [6.07, 6.45) is 1.38. The molecule has 0 fully saturated rings. The second-order valence-corrected chi connectivity index (χ2v) is 4.50. The van der Waals surface area contributed by atoms with Crippen molar-refractivity contribution in [3.05, 3.63) is 40.4 Å². The highest BCUT2D eigenvalue weighted by Gasteiger charge is 2.16. The lowest BCUT2D eigenvalue weighted by molar-refractivity contribution is 0.101. The molecular weight excluding hydrogens is 303 g/mol. The molecule has 0 saturated carbocycles. The standard InChI is InChI=1S/C11H10BrFN4O/c1-17-10(8(14)5-15-17)11(18)16-9-4-6(13)2-3-7(9)12/h2-5H,14H2,1H3,(H,16,18). The number of carbonyl (C=O) groups excluding carboxylic acids is 1. The van der Waals surface area contributed by atoms with Gasteiger partial charge in [0.1, 0.15) is 11.5 Å². The van der Waals surface area contributed by atoms with Gasteiger partial charge in [0.2, 0.25) is 0 Å². The van der Waals surface area contributed by atoms with Gasteiger partial charge in [-0.15, -0.1) is 0 Å². The molecule has 0 aliphatic heterocycles. The fourth-order valence-electron chi connectivity index (χ4n) is 1.51. The van der Waals surface area contributed by atoms with Crippen LogP contribution in [0.3, 0.4) is 0 Å². The lowest BCUT2D eigenvalue weighted by atomic mass is 10.3. The van der Waals surface area contributed by atoms with Crippen molar-refractivity contribution in [2.45, 2.75) is 0 Å². The topological polar surface area (TPSA) is 72.9 Å². The number of hydrogen-bond donors (Lipinski definition) is 2. The summed E-state index contributed by atoms with van der Waals surface area (Å²) < 4.78 is 15.0. The molecule has 0 aliphatic carbocycles. The molecule has 1 amide bonds. The second kappa shape index (κ2) is 4.77. The summed E-state index contributed by atoms with van der Waals surface area (Å²) in [5.41, 5.74) is 6.46. The first kappa shape index (κ1) is 12.6. The van der Waals surface area contributed by atoms with E-state index in [9.17, 15) is 9.18 Å². The highest BCUT2D eigenvalue weighted by Crippen LogP contribution is 2.24. The van der Waals surface area contributed by atoms with Gasteiger partial charge in [0.05, 0.1) is 17.6 Å². The van der Waals surface area contributed by atoms with E-state index >= 15 is 0 Å². The first-order chi connectivity index (χ1) is 8.49. The van der Waals surface area contributed by atoms with Gasteiger partial charge in [-0.05, 0) is 34.1 Å². The number of nitrogens with two attached hydrogens (primary N) is 1. The van der Waals surface area contributed by atoms with Crippen LogP contribution in [0.2, 0.25) is 0 Å². The van der Waals surface area contributed by atoms with Gasteiger partial charge in [0, 0.05) is 11.5 Å². The molecule has 0 bridgehead atoms. The largest absolute Gasteiger partial charge is 0.396 e. The summed E-state index contributed by atoms with van der Waals surface area (Å²) in [6, 6.07) is 4.02. The Hall–Kier alpha value is -1.89. The average molecular weight is 313 g/mol. The number of halogens is 2. The van der Waals surface area contributed by atoms with E-state index in [1.54, 1.807) is 7.05 Å². The van der Waals surface area contributed by atoms with Crippen LogP contribution in [0.1, 0.15) is 10.5 Å². The molecule has 0 radical (unpaired) electrons. The molecule has 0 saturated heterocycles. The van der Waals surface area contributed by atoms with Crippen LogP contribution >= 0.6 is 15.9 Å². The van der Waals surface area contributed by atoms with Crippen LogP contribution in [-0.2, 0) is 7.05 Å². The number of hydrogen-bond acceptors (Lipinski definition) is 3. The molecule has 1 aromatic heterocycles. The lowest BCUT2D eigenvalue weighted by Crippen LogP contribution is -2.18. The van der Waals surface area contributed by atoms with Gasteiger partial charge >= 0.3 is 0 Å². The Kier molecular flexibility index (Phi) is 3.33. The fourth-order valence-corrected chi connectivity index (χ4v) is 1.85. The molecule has 5 nitrogen and oxygen atoms in total. The van der Waals surface area contributed by atoms with Gasteiger partial charge in [-0.2, -0.15) is 5.10 Å². The fraction of sp³-hybridized carbons (Fsp3) is 0.0909. The Morgan fingerprint density at radius 3 is 2.89 bits per heavy atom. The van der Waals surface area contributed by atoms with Crippen molar-refractivity contribution in [1.29, 1.82) is 0 Å². The molecule has 2 rings (SSSR count). The first-order valence-electron chi connectivity index (χ1n) is 5.03. The van der Waals surface area contributed by atoms with Crippen molar-refractivity contribution in [2.24, 2.45) is 7.05 Å². The summed E-state index contributed by atoms with van der Waals surface area (Å²) in [5, 5.41) is 6.43. The molecule has 1 aromatic carbocycles. The molecule has 7 heteroatoms. The highest BCUT2D eigenvalue weighted by molar-refractivity contribution is 9.10. The summed E-state index contributed by atoms with van der Waals surface area (Å²) in [4.78, 5) is 12.0. The molecule has 0 unspecified atom stereocenters. The van der Waals surface area contributed by atoms with Crippen molar-refractivity contribution in [2.75, 3.05) is 11.1 Å². The normalized spacial score (nSPS) is 10.4. The number of nitrogens with one attached hydrogen (secondary N) is 1. The van der Waals surface area contributed by atoms with E-state index in [0.29, 0.717) is 10.2 Å². The predicted molar refractivity (Wildman–Crippen MR) is 69.7 cm³/mol. The third-order valence-electron chi connectivity index (χ3n) is 2.36. The number of nitrogen functional groups attached to an aromatic ring is 1. The number of amides is 1. The Labute approximate surface area is 111 Å². The molecule has 94 valence electrons. The Morgan fingerprint density at radius 2 is 2.28 bits per heavy atom. The quantitative estimate of drug-likeness (QED) is 0.892. The minimum absolute atomic E-state index is 0.228. The van der Waals surface area contributed by atoms with E-state index in [-0.39, 0.29) is 11.4 Å². The first-order valence-corrected chi connectivity index (χ1v) is 5.82. The summed E-state index contributed by atoms with van der Waals surface area (Å²) in [5.74, 6) is -0.884. The Balaban J connectivity index is 2.30. The maximum atomic E-state index is 13.1. The molecule has 1 heterocycles. The molecule has 0 aliphatic rings. The molecule has 2 aromatic rings. The van der Waals surface area contributed by atoms with E-state index in [1.807, 2.05) is 0 Å². The van der Waals surface area contributed by atoms with Gasteiger partial charge < -0.3 is 11.1 Å². The zero-order chi connectivity index (χ0) is 13.3. The van der Waals surface area contributed by atoms with Crippen molar-refractivity contribution in [1.82, 2.24) is 9.78 Å². The SMILES string of the molecule is Cn1ncc(N)c1C(=O)Nc1cc(F)ccc1Br. The van der Waals surface area contributed by atoms with Gasteiger partial charge in [0.25, 0.3) is 5.91 Å². The van der Waals surface area contributed by atoms with Crippen LogP contribution in [-0.4, -0.2) is 15.7 Å². The van der Waals surface area contributed by atoms with E-state index < -0.39 is 11.7 Å². The number of rotatable bonds is 2. The minimum Gasteiger partial charge on any atom is -0.396 e. The third kappa shape index (κ3) is 2.35. The van der Waals surface area contributed by atoms with Crippen LogP contribution in [0.15, 0.2) is 28.9 Å². The Bertz CT molecular complexity index is 592. The number of aryl methyl sites for hydroxylation is 1.